The Balaban J connectivity index is 2.61. The van der Waals surface area contributed by atoms with Gasteiger partial charge in [-0.25, -0.2) is 0 Å². The minimum Gasteiger partial charge on any atom is -0.367 e. The van der Waals surface area contributed by atoms with Crippen LogP contribution in [0.5, 0.6) is 0 Å². The number of aryl methyl sites for hydroxylation is 1. The van der Waals surface area contributed by atoms with Crippen molar-refractivity contribution in [2.45, 2.75) is 58.9 Å². The van der Waals surface area contributed by atoms with E-state index in [2.05, 4.69) is 38.2 Å². The minimum absolute atomic E-state index is 0.443. The molecule has 1 rings (SSSR count). The topological polar surface area (TPSA) is 35.9 Å². The predicted octanol–water partition coefficient (Wildman–Crippen LogP) is 4.13. The summed E-state index contributed by atoms with van der Waals surface area (Å²) >= 11 is 0. The second-order valence-corrected chi connectivity index (χ2v) is 4.84. The van der Waals surface area contributed by atoms with E-state index in [4.69, 9.17) is 5.41 Å². The van der Waals surface area contributed by atoms with E-state index in [0.29, 0.717) is 11.9 Å². The van der Waals surface area contributed by atoms with Crippen LogP contribution in [0, 0.1) is 5.41 Å². The summed E-state index contributed by atoms with van der Waals surface area (Å²) in [5.74, 6) is 0.560. The zero-order valence-corrected chi connectivity index (χ0v) is 11.9. The molecular weight excluding hydrogens is 220 g/mol. The summed E-state index contributed by atoms with van der Waals surface area (Å²) in [5.41, 5.74) is 2.31. The molecule has 0 unspecified atom stereocenters. The first kappa shape index (κ1) is 14.7. The van der Waals surface area contributed by atoms with E-state index < -0.39 is 0 Å². The van der Waals surface area contributed by atoms with Crippen LogP contribution in [0.1, 0.15) is 57.6 Å². The van der Waals surface area contributed by atoms with Crippen molar-refractivity contribution in [2.24, 2.45) is 0 Å². The van der Waals surface area contributed by atoms with Crippen molar-refractivity contribution in [1.82, 2.24) is 5.32 Å². The zero-order valence-electron chi connectivity index (χ0n) is 11.9. The highest BCUT2D eigenvalue weighted by Gasteiger charge is 2.09. The zero-order chi connectivity index (χ0) is 13.4. The van der Waals surface area contributed by atoms with Gasteiger partial charge in [0.05, 0.1) is 0 Å². The third kappa shape index (κ3) is 4.52. The van der Waals surface area contributed by atoms with Gasteiger partial charge >= 0.3 is 0 Å². The van der Waals surface area contributed by atoms with Crippen LogP contribution in [0.2, 0.25) is 0 Å². The van der Waals surface area contributed by atoms with E-state index in [9.17, 15) is 0 Å². The number of hydrogen-bond acceptors (Lipinski definition) is 1. The van der Waals surface area contributed by atoms with Crippen LogP contribution < -0.4 is 5.32 Å². The largest absolute Gasteiger partial charge is 0.367 e. The predicted molar refractivity (Wildman–Crippen MR) is 79.4 cm³/mol. The lowest BCUT2D eigenvalue weighted by Crippen LogP contribution is -2.34. The molecule has 0 aliphatic heterocycles. The molecule has 0 fully saturated rings. The second kappa shape index (κ2) is 7.91. The van der Waals surface area contributed by atoms with Crippen LogP contribution >= 0.6 is 0 Å². The van der Waals surface area contributed by atoms with Gasteiger partial charge in [-0.15, -0.1) is 0 Å². The summed E-state index contributed by atoms with van der Waals surface area (Å²) in [5, 5.41) is 11.5. The normalized spacial score (nSPS) is 10.7. The van der Waals surface area contributed by atoms with Gasteiger partial charge in [0.1, 0.15) is 5.84 Å². The average Bonchev–Trinajstić information content (AvgIpc) is 2.39. The summed E-state index contributed by atoms with van der Waals surface area (Å²) in [4.78, 5) is 0. The molecule has 100 valence electrons. The van der Waals surface area contributed by atoms with E-state index in [-0.39, 0.29) is 0 Å². The molecule has 0 radical (unpaired) electrons. The van der Waals surface area contributed by atoms with Gasteiger partial charge in [-0.2, -0.15) is 0 Å². The maximum absolute atomic E-state index is 8.13. The molecule has 2 heteroatoms. The van der Waals surface area contributed by atoms with Gasteiger partial charge in [-0.3, -0.25) is 5.41 Å². The molecule has 0 amide bonds. The minimum atomic E-state index is 0.443. The number of nitrogens with one attached hydrogen (secondary N) is 2. The molecule has 0 spiro atoms. The summed E-state index contributed by atoms with van der Waals surface area (Å²) < 4.78 is 0. The van der Waals surface area contributed by atoms with Crippen molar-refractivity contribution < 1.29 is 0 Å². The standard InChI is InChI=1S/C16H26N2/c1-4-7-15(8-5-2)18-16(17)14-11-9-13(6-3)10-12-14/h9-12,15H,4-8H2,1-3H3,(H2,17,18). The Morgan fingerprint density at radius 1 is 1.06 bits per heavy atom. The molecule has 0 saturated carbocycles. The lowest BCUT2D eigenvalue weighted by atomic mass is 10.0. The third-order valence-electron chi connectivity index (χ3n) is 3.27. The highest BCUT2D eigenvalue weighted by Crippen LogP contribution is 2.08. The van der Waals surface area contributed by atoms with E-state index in [1.165, 1.54) is 18.4 Å². The Kier molecular flexibility index (Phi) is 6.48. The van der Waals surface area contributed by atoms with Crippen LogP contribution in [-0.4, -0.2) is 11.9 Å². The van der Waals surface area contributed by atoms with Gasteiger partial charge in [-0.1, -0.05) is 57.9 Å². The molecule has 1 aromatic rings. The quantitative estimate of drug-likeness (QED) is 0.550. The maximum atomic E-state index is 8.13. The Labute approximate surface area is 111 Å². The van der Waals surface area contributed by atoms with Gasteiger partial charge in [0.25, 0.3) is 0 Å². The highest BCUT2D eigenvalue weighted by molar-refractivity contribution is 5.96. The van der Waals surface area contributed by atoms with Gasteiger partial charge in [0.15, 0.2) is 0 Å². The smallest absolute Gasteiger partial charge is 0.125 e. The van der Waals surface area contributed by atoms with Gasteiger partial charge in [-0.05, 0) is 24.8 Å². The molecule has 0 atom stereocenters. The second-order valence-electron chi connectivity index (χ2n) is 4.84. The number of hydrogen-bond donors (Lipinski definition) is 2. The van der Waals surface area contributed by atoms with Gasteiger partial charge < -0.3 is 5.32 Å². The molecule has 2 N–H and O–H groups in total. The van der Waals surface area contributed by atoms with Crippen molar-refractivity contribution >= 4 is 5.84 Å². The SMILES string of the molecule is CCCC(CCC)NC(=N)c1ccc(CC)cc1. The molecule has 18 heavy (non-hydrogen) atoms. The fourth-order valence-electron chi connectivity index (χ4n) is 2.18. The van der Waals surface area contributed by atoms with Crippen molar-refractivity contribution in [2.75, 3.05) is 0 Å². The molecule has 0 saturated heterocycles. The van der Waals surface area contributed by atoms with E-state index in [0.717, 1.165) is 24.8 Å². The number of amidine groups is 1. The Bertz CT molecular complexity index is 348. The van der Waals surface area contributed by atoms with Crippen LogP contribution in [0.25, 0.3) is 0 Å². The maximum Gasteiger partial charge on any atom is 0.125 e. The summed E-state index contributed by atoms with van der Waals surface area (Å²) in [7, 11) is 0. The molecule has 1 aromatic carbocycles. The van der Waals surface area contributed by atoms with Crippen molar-refractivity contribution in [3.63, 3.8) is 0 Å². The van der Waals surface area contributed by atoms with E-state index in [1.54, 1.807) is 0 Å². The molecule has 0 heterocycles. The van der Waals surface area contributed by atoms with Gasteiger partial charge in [0.2, 0.25) is 0 Å². The Hall–Kier alpha value is -1.31. The summed E-state index contributed by atoms with van der Waals surface area (Å²) in [6, 6.07) is 8.76. The first-order valence-electron chi connectivity index (χ1n) is 7.15. The van der Waals surface area contributed by atoms with Crippen LogP contribution in [0.4, 0.5) is 0 Å². The molecule has 0 aliphatic carbocycles. The van der Waals surface area contributed by atoms with Crippen LogP contribution in [0.15, 0.2) is 24.3 Å². The average molecular weight is 246 g/mol. The number of benzene rings is 1. The van der Waals surface area contributed by atoms with E-state index >= 15 is 0 Å². The lowest BCUT2D eigenvalue weighted by molar-refractivity contribution is 0.508. The summed E-state index contributed by atoms with van der Waals surface area (Å²) in [6.07, 6.45) is 5.67. The van der Waals surface area contributed by atoms with Crippen LogP contribution in [0.3, 0.4) is 0 Å². The Morgan fingerprint density at radius 3 is 2.06 bits per heavy atom. The molecule has 0 bridgehead atoms. The molecule has 0 aliphatic rings. The molecule has 0 aromatic heterocycles. The fourth-order valence-corrected chi connectivity index (χ4v) is 2.18. The van der Waals surface area contributed by atoms with Crippen LogP contribution in [-0.2, 0) is 6.42 Å². The molecule has 2 nitrogen and oxygen atoms in total. The van der Waals surface area contributed by atoms with E-state index in [1.807, 2.05) is 12.1 Å². The third-order valence-corrected chi connectivity index (χ3v) is 3.27. The van der Waals surface area contributed by atoms with Crippen molar-refractivity contribution in [3.8, 4) is 0 Å². The monoisotopic (exact) mass is 246 g/mol. The fraction of sp³-hybridized carbons (Fsp3) is 0.562. The highest BCUT2D eigenvalue weighted by atomic mass is 15.0. The van der Waals surface area contributed by atoms with Gasteiger partial charge in [0, 0.05) is 11.6 Å². The molecular formula is C16H26N2. The number of rotatable bonds is 7. The lowest BCUT2D eigenvalue weighted by Gasteiger charge is -2.19. The first-order chi connectivity index (χ1) is 8.71. The summed E-state index contributed by atoms with van der Waals surface area (Å²) in [6.45, 7) is 6.55. The van der Waals surface area contributed by atoms with Crippen molar-refractivity contribution in [1.29, 1.82) is 5.41 Å². The Morgan fingerprint density at radius 2 is 1.61 bits per heavy atom. The van der Waals surface area contributed by atoms with Crippen molar-refractivity contribution in [3.05, 3.63) is 35.4 Å². The first-order valence-corrected chi connectivity index (χ1v) is 7.15.